The van der Waals surface area contributed by atoms with Crippen molar-refractivity contribution >= 4 is 5.97 Å². The molecule has 2 aliphatic heterocycles. The van der Waals surface area contributed by atoms with Gasteiger partial charge in [-0.2, -0.15) is 0 Å². The van der Waals surface area contributed by atoms with Crippen molar-refractivity contribution in [2.24, 2.45) is 17.8 Å². The summed E-state index contributed by atoms with van der Waals surface area (Å²) >= 11 is 0. The summed E-state index contributed by atoms with van der Waals surface area (Å²) in [5.74, 6) is 2.20. The molecule has 0 aromatic heterocycles. The number of aliphatic hydroxyl groups is 1. The molecule has 2 N–H and O–H groups in total. The van der Waals surface area contributed by atoms with E-state index >= 15 is 0 Å². The van der Waals surface area contributed by atoms with Crippen LogP contribution in [0.2, 0.25) is 0 Å². The second-order valence-electron chi connectivity index (χ2n) is 8.65. The van der Waals surface area contributed by atoms with E-state index in [1.54, 1.807) is 18.2 Å². The van der Waals surface area contributed by atoms with E-state index in [-0.39, 0.29) is 12.1 Å². The maximum absolute atomic E-state index is 11.7. The van der Waals surface area contributed by atoms with E-state index < -0.39 is 6.10 Å². The number of carbonyl (C=O) groups is 1. The predicted octanol–water partition coefficient (Wildman–Crippen LogP) is 1.92. The number of nitrogens with one attached hydrogen (secondary N) is 1. The van der Waals surface area contributed by atoms with Gasteiger partial charge in [0.15, 0.2) is 0 Å². The Kier molecular flexibility index (Phi) is 6.19. The zero-order valence-electron chi connectivity index (χ0n) is 16.7. The number of hydrogen-bond acceptors (Lipinski definition) is 6. The number of nitrogens with zero attached hydrogens (tertiary/aromatic N) is 1. The van der Waals surface area contributed by atoms with E-state index in [1.807, 2.05) is 6.07 Å². The van der Waals surface area contributed by atoms with Crippen LogP contribution >= 0.6 is 0 Å². The molecule has 6 nitrogen and oxygen atoms in total. The number of aliphatic hydroxyl groups excluding tert-OH is 1. The van der Waals surface area contributed by atoms with Gasteiger partial charge in [-0.05, 0) is 74.7 Å². The van der Waals surface area contributed by atoms with Gasteiger partial charge in [-0.1, -0.05) is 6.07 Å². The lowest BCUT2D eigenvalue weighted by Crippen LogP contribution is -2.42. The normalized spacial score (nSPS) is 31.4. The Labute approximate surface area is 167 Å². The zero-order valence-corrected chi connectivity index (χ0v) is 16.7. The molecule has 4 atom stereocenters. The first kappa shape index (κ1) is 19.7. The number of likely N-dealkylation sites (tertiary alicyclic amines) is 1. The smallest absolute Gasteiger partial charge is 0.337 e. The van der Waals surface area contributed by atoms with Crippen molar-refractivity contribution in [3.8, 4) is 5.75 Å². The number of ether oxygens (including phenoxy) is 2. The van der Waals surface area contributed by atoms with E-state index in [0.717, 1.165) is 44.9 Å². The second kappa shape index (κ2) is 8.80. The number of benzene rings is 1. The highest BCUT2D eigenvalue weighted by Crippen LogP contribution is 2.38. The van der Waals surface area contributed by atoms with E-state index in [1.165, 1.54) is 26.5 Å². The van der Waals surface area contributed by atoms with E-state index in [9.17, 15) is 9.90 Å². The standard InChI is InChI=1S/C22H32N2O4/c1-27-22(26)16-3-2-4-19(9-16)28-21-11-18-14-24(13-17(18)10-20(21)25)12-15-5-7-23-8-6-15/h2-4,9,15,17-18,20-21,23,25H,5-8,10-14H2,1H3/t17-,18+,20+,21+/m0/s1. The molecule has 0 amide bonds. The summed E-state index contributed by atoms with van der Waals surface area (Å²) in [5, 5.41) is 14.1. The number of piperidine rings is 1. The van der Waals surface area contributed by atoms with Gasteiger partial charge in [0.1, 0.15) is 11.9 Å². The van der Waals surface area contributed by atoms with Crippen LogP contribution in [0.25, 0.3) is 0 Å². The first-order valence-corrected chi connectivity index (χ1v) is 10.6. The Balaban J connectivity index is 1.34. The molecule has 1 saturated carbocycles. The van der Waals surface area contributed by atoms with Crippen LogP contribution < -0.4 is 10.1 Å². The molecule has 1 aliphatic carbocycles. The Bertz CT molecular complexity index is 676. The molecule has 3 aliphatic rings. The quantitative estimate of drug-likeness (QED) is 0.751. The predicted molar refractivity (Wildman–Crippen MR) is 106 cm³/mol. The highest BCUT2D eigenvalue weighted by atomic mass is 16.5. The summed E-state index contributed by atoms with van der Waals surface area (Å²) in [7, 11) is 1.37. The molecule has 3 fully saturated rings. The number of methoxy groups -OCH3 is 1. The van der Waals surface area contributed by atoms with Gasteiger partial charge in [0.2, 0.25) is 0 Å². The first-order chi connectivity index (χ1) is 13.6. The number of esters is 1. The van der Waals surface area contributed by atoms with E-state index in [4.69, 9.17) is 9.47 Å². The summed E-state index contributed by atoms with van der Waals surface area (Å²) in [6, 6.07) is 7.03. The van der Waals surface area contributed by atoms with Crippen LogP contribution in [0.5, 0.6) is 5.75 Å². The summed E-state index contributed by atoms with van der Waals surface area (Å²) in [5.41, 5.74) is 0.470. The van der Waals surface area contributed by atoms with Gasteiger partial charge in [0.05, 0.1) is 18.8 Å². The Morgan fingerprint density at radius 1 is 1.21 bits per heavy atom. The number of carbonyl (C=O) groups excluding carboxylic acids is 1. The van der Waals surface area contributed by atoms with Crippen molar-refractivity contribution in [2.75, 3.05) is 39.8 Å². The zero-order chi connectivity index (χ0) is 19.5. The maximum Gasteiger partial charge on any atom is 0.337 e. The topological polar surface area (TPSA) is 71.0 Å². The van der Waals surface area contributed by atoms with Crippen LogP contribution in [0.1, 0.15) is 36.0 Å². The van der Waals surface area contributed by atoms with Gasteiger partial charge >= 0.3 is 5.97 Å². The van der Waals surface area contributed by atoms with Gasteiger partial charge in [0.25, 0.3) is 0 Å². The van der Waals surface area contributed by atoms with Crippen LogP contribution in [-0.4, -0.2) is 68.0 Å². The third kappa shape index (κ3) is 4.50. The monoisotopic (exact) mass is 388 g/mol. The fraction of sp³-hybridized carbons (Fsp3) is 0.682. The maximum atomic E-state index is 11.7. The average Bonchev–Trinajstić information content (AvgIpc) is 3.09. The third-order valence-corrected chi connectivity index (χ3v) is 6.68. The van der Waals surface area contributed by atoms with Gasteiger partial charge < -0.3 is 24.8 Å². The molecule has 0 unspecified atom stereocenters. The van der Waals surface area contributed by atoms with Gasteiger partial charge in [0, 0.05) is 19.6 Å². The van der Waals surface area contributed by atoms with Gasteiger partial charge in [-0.15, -0.1) is 0 Å². The molecule has 28 heavy (non-hydrogen) atoms. The molecule has 0 spiro atoms. The third-order valence-electron chi connectivity index (χ3n) is 6.68. The van der Waals surface area contributed by atoms with E-state index in [0.29, 0.717) is 23.1 Å². The molecule has 0 bridgehead atoms. The molecule has 154 valence electrons. The number of fused-ring (bicyclic) bond motifs is 1. The summed E-state index contributed by atoms with van der Waals surface area (Å²) in [4.78, 5) is 14.3. The van der Waals surface area contributed by atoms with Gasteiger partial charge in [-0.3, -0.25) is 0 Å². The Morgan fingerprint density at radius 3 is 2.71 bits per heavy atom. The van der Waals surface area contributed by atoms with Crippen molar-refractivity contribution in [3.05, 3.63) is 29.8 Å². The molecule has 4 rings (SSSR count). The lowest BCUT2D eigenvalue weighted by Gasteiger charge is -2.35. The van der Waals surface area contributed by atoms with Crippen molar-refractivity contribution in [2.45, 2.75) is 37.9 Å². The Morgan fingerprint density at radius 2 is 1.96 bits per heavy atom. The van der Waals surface area contributed by atoms with Gasteiger partial charge in [-0.25, -0.2) is 4.79 Å². The molecule has 0 radical (unpaired) electrons. The molecule has 1 aromatic rings. The van der Waals surface area contributed by atoms with Crippen molar-refractivity contribution < 1.29 is 19.4 Å². The van der Waals surface area contributed by atoms with Crippen LogP contribution in [0, 0.1) is 17.8 Å². The molecular weight excluding hydrogens is 356 g/mol. The largest absolute Gasteiger partial charge is 0.488 e. The molecule has 2 saturated heterocycles. The van der Waals surface area contributed by atoms with Crippen LogP contribution in [0.3, 0.4) is 0 Å². The number of rotatable bonds is 5. The highest BCUT2D eigenvalue weighted by molar-refractivity contribution is 5.89. The van der Waals surface area contributed by atoms with Crippen molar-refractivity contribution in [1.29, 1.82) is 0 Å². The van der Waals surface area contributed by atoms with E-state index in [2.05, 4.69) is 10.2 Å². The molecule has 6 heteroatoms. The number of hydrogen-bond donors (Lipinski definition) is 2. The van der Waals surface area contributed by atoms with Crippen LogP contribution in [-0.2, 0) is 4.74 Å². The van der Waals surface area contributed by atoms with Crippen molar-refractivity contribution in [3.63, 3.8) is 0 Å². The molecule has 2 heterocycles. The lowest BCUT2D eigenvalue weighted by atomic mass is 9.78. The second-order valence-corrected chi connectivity index (χ2v) is 8.65. The fourth-order valence-electron chi connectivity index (χ4n) is 5.18. The minimum absolute atomic E-state index is 0.215. The first-order valence-electron chi connectivity index (χ1n) is 10.6. The molecular formula is C22H32N2O4. The Hall–Kier alpha value is -1.63. The highest BCUT2D eigenvalue weighted by Gasteiger charge is 2.43. The molecule has 1 aromatic carbocycles. The summed E-state index contributed by atoms with van der Waals surface area (Å²) in [6.07, 6.45) is 3.55. The van der Waals surface area contributed by atoms with Crippen molar-refractivity contribution in [1.82, 2.24) is 10.2 Å². The summed E-state index contributed by atoms with van der Waals surface area (Å²) < 4.78 is 10.9. The minimum Gasteiger partial charge on any atom is -0.488 e. The fourth-order valence-corrected chi connectivity index (χ4v) is 5.18. The SMILES string of the molecule is COC(=O)c1cccc(O[C@@H]2C[C@@H]3CN(CC4CCNCC4)C[C@@H]3C[C@H]2O)c1. The lowest BCUT2D eigenvalue weighted by molar-refractivity contribution is -0.0231. The average molecular weight is 389 g/mol. The minimum atomic E-state index is -0.457. The van der Waals surface area contributed by atoms with Crippen LogP contribution in [0.15, 0.2) is 24.3 Å². The van der Waals surface area contributed by atoms with Crippen LogP contribution in [0.4, 0.5) is 0 Å². The summed E-state index contributed by atoms with van der Waals surface area (Å²) in [6.45, 7) is 5.70.